The highest BCUT2D eigenvalue weighted by Gasteiger charge is 2.43. The van der Waals surface area contributed by atoms with Gasteiger partial charge in [0.2, 0.25) is 0 Å². The fourth-order valence-corrected chi connectivity index (χ4v) is 6.28. The third-order valence-corrected chi connectivity index (χ3v) is 8.06. The minimum Gasteiger partial charge on any atom is -0.484 e. The van der Waals surface area contributed by atoms with Gasteiger partial charge in [0.25, 0.3) is 5.91 Å². The van der Waals surface area contributed by atoms with Gasteiger partial charge < -0.3 is 14.5 Å². The summed E-state index contributed by atoms with van der Waals surface area (Å²) >= 11 is 1.68. The standard InChI is InChI=1S/C28H27N3O2S/c1-18-7-12-24-21(15-18)22-16-30(2)14-13-25(22)31(24)27(32)17-33-20-10-8-19(9-11-20)28-29-23-5-3-4-6-26(23)34-28/h3-12,15,22,25H,13-14,16-17H2,1-2H3/t22-,25-/m1/s1. The number of anilines is 1. The van der Waals surface area contributed by atoms with Crippen LogP contribution in [0.1, 0.15) is 23.5 Å². The van der Waals surface area contributed by atoms with Crippen LogP contribution >= 0.6 is 11.3 Å². The first-order valence-electron chi connectivity index (χ1n) is 11.8. The summed E-state index contributed by atoms with van der Waals surface area (Å²) in [6, 6.07) is 22.7. The van der Waals surface area contributed by atoms with E-state index in [1.165, 1.54) is 15.8 Å². The first-order chi connectivity index (χ1) is 16.6. The topological polar surface area (TPSA) is 45.7 Å². The first-order valence-corrected chi connectivity index (χ1v) is 12.6. The average Bonchev–Trinajstić information content (AvgIpc) is 3.42. The minimum absolute atomic E-state index is 0.0254. The lowest BCUT2D eigenvalue weighted by Crippen LogP contribution is -2.48. The smallest absolute Gasteiger partial charge is 0.265 e. The number of aromatic nitrogens is 1. The zero-order valence-corrected chi connectivity index (χ0v) is 20.2. The fraction of sp³-hybridized carbons (Fsp3) is 0.286. The van der Waals surface area contributed by atoms with Gasteiger partial charge in [-0.3, -0.25) is 4.79 Å². The molecule has 1 amide bonds. The molecule has 0 aliphatic carbocycles. The number of aryl methyl sites for hydroxylation is 1. The zero-order chi connectivity index (χ0) is 23.2. The number of carbonyl (C=O) groups excluding carboxylic acids is 1. The van der Waals surface area contributed by atoms with E-state index < -0.39 is 0 Å². The predicted molar refractivity (Wildman–Crippen MR) is 138 cm³/mol. The van der Waals surface area contributed by atoms with Crippen molar-refractivity contribution < 1.29 is 9.53 Å². The zero-order valence-electron chi connectivity index (χ0n) is 19.4. The summed E-state index contributed by atoms with van der Waals surface area (Å²) in [4.78, 5) is 22.5. The van der Waals surface area contributed by atoms with E-state index in [0.717, 1.165) is 41.3 Å². The summed E-state index contributed by atoms with van der Waals surface area (Å²) in [5.74, 6) is 1.09. The number of fused-ring (bicyclic) bond motifs is 4. The van der Waals surface area contributed by atoms with Crippen LogP contribution in [0.2, 0.25) is 0 Å². The Morgan fingerprint density at radius 1 is 1.12 bits per heavy atom. The van der Waals surface area contributed by atoms with Gasteiger partial charge in [-0.1, -0.05) is 29.8 Å². The molecule has 2 aliphatic rings. The Kier molecular flexibility index (Phi) is 5.35. The molecule has 0 unspecified atom stereocenters. The van der Waals surface area contributed by atoms with Crippen LogP contribution in [0.4, 0.5) is 5.69 Å². The maximum absolute atomic E-state index is 13.4. The van der Waals surface area contributed by atoms with E-state index in [9.17, 15) is 4.79 Å². The highest BCUT2D eigenvalue weighted by molar-refractivity contribution is 7.21. The number of ether oxygens (including phenoxy) is 1. The highest BCUT2D eigenvalue weighted by Crippen LogP contribution is 2.45. The molecule has 34 heavy (non-hydrogen) atoms. The van der Waals surface area contributed by atoms with E-state index in [4.69, 9.17) is 9.72 Å². The molecule has 0 N–H and O–H groups in total. The molecule has 5 nitrogen and oxygen atoms in total. The van der Waals surface area contributed by atoms with Crippen LogP contribution in [-0.4, -0.2) is 48.6 Å². The average molecular weight is 470 g/mol. The number of thiazole rings is 1. The third kappa shape index (κ3) is 3.77. The molecule has 6 rings (SSSR count). The molecular weight excluding hydrogens is 442 g/mol. The van der Waals surface area contributed by atoms with E-state index in [1.807, 2.05) is 47.4 Å². The number of likely N-dealkylation sites (tertiary alicyclic amines) is 1. The van der Waals surface area contributed by atoms with Crippen LogP contribution < -0.4 is 9.64 Å². The number of hydrogen-bond acceptors (Lipinski definition) is 5. The Labute approximate surface area is 203 Å². The molecule has 0 spiro atoms. The van der Waals surface area contributed by atoms with Crippen molar-refractivity contribution in [2.24, 2.45) is 0 Å². The molecule has 2 atom stereocenters. The quantitative estimate of drug-likeness (QED) is 0.397. The van der Waals surface area contributed by atoms with Crippen molar-refractivity contribution in [3.63, 3.8) is 0 Å². The van der Waals surface area contributed by atoms with Crippen LogP contribution in [0.25, 0.3) is 20.8 Å². The minimum atomic E-state index is 0.0254. The molecule has 6 heteroatoms. The van der Waals surface area contributed by atoms with Crippen molar-refractivity contribution in [2.75, 3.05) is 31.6 Å². The molecule has 3 heterocycles. The second kappa shape index (κ2) is 8.53. The Hall–Kier alpha value is -3.22. The van der Waals surface area contributed by atoms with E-state index in [2.05, 4.69) is 43.1 Å². The van der Waals surface area contributed by atoms with Crippen LogP contribution in [0.5, 0.6) is 5.75 Å². The number of likely N-dealkylation sites (N-methyl/N-ethyl adjacent to an activating group) is 1. The molecule has 2 aliphatic heterocycles. The van der Waals surface area contributed by atoms with Crippen LogP contribution in [0.15, 0.2) is 66.7 Å². The first kappa shape index (κ1) is 21.3. The molecule has 3 aromatic carbocycles. The summed E-state index contributed by atoms with van der Waals surface area (Å²) in [5, 5.41) is 0.987. The lowest BCUT2D eigenvalue weighted by Gasteiger charge is -2.36. The maximum atomic E-state index is 13.4. The number of benzene rings is 3. The number of amides is 1. The molecule has 0 bridgehead atoms. The number of rotatable bonds is 4. The normalized spacial score (nSPS) is 19.8. The lowest BCUT2D eigenvalue weighted by molar-refractivity contribution is -0.121. The van der Waals surface area contributed by atoms with E-state index in [1.54, 1.807) is 11.3 Å². The van der Waals surface area contributed by atoms with E-state index in [0.29, 0.717) is 11.7 Å². The van der Waals surface area contributed by atoms with Crippen LogP contribution in [0, 0.1) is 6.92 Å². The molecule has 172 valence electrons. The van der Waals surface area contributed by atoms with Crippen LogP contribution in [-0.2, 0) is 4.79 Å². The number of nitrogens with zero attached hydrogens (tertiary/aromatic N) is 3. The van der Waals surface area contributed by atoms with Gasteiger partial charge >= 0.3 is 0 Å². The Morgan fingerprint density at radius 3 is 2.76 bits per heavy atom. The van der Waals surface area contributed by atoms with Gasteiger partial charge in [-0.2, -0.15) is 0 Å². The summed E-state index contributed by atoms with van der Waals surface area (Å²) in [7, 11) is 2.16. The molecule has 0 saturated carbocycles. The fourth-order valence-electron chi connectivity index (χ4n) is 5.31. The van der Waals surface area contributed by atoms with Gasteiger partial charge in [0, 0.05) is 29.8 Å². The second-order valence-electron chi connectivity index (χ2n) is 9.35. The van der Waals surface area contributed by atoms with Gasteiger partial charge in [-0.15, -0.1) is 11.3 Å². The highest BCUT2D eigenvalue weighted by atomic mass is 32.1. The van der Waals surface area contributed by atoms with Gasteiger partial charge in [0.15, 0.2) is 6.61 Å². The van der Waals surface area contributed by atoms with Gasteiger partial charge in [0.05, 0.1) is 10.2 Å². The molecule has 1 aromatic heterocycles. The molecule has 0 radical (unpaired) electrons. The van der Waals surface area contributed by atoms with Crippen molar-refractivity contribution in [3.05, 3.63) is 77.9 Å². The van der Waals surface area contributed by atoms with Gasteiger partial charge in [-0.05, 0) is 75.0 Å². The number of piperidine rings is 1. The van der Waals surface area contributed by atoms with Crippen LogP contribution in [0.3, 0.4) is 0 Å². The molecule has 1 saturated heterocycles. The Bertz CT molecular complexity index is 1330. The van der Waals surface area contributed by atoms with E-state index >= 15 is 0 Å². The second-order valence-corrected chi connectivity index (χ2v) is 10.4. The van der Waals surface area contributed by atoms with Crippen molar-refractivity contribution in [2.45, 2.75) is 25.3 Å². The summed E-state index contributed by atoms with van der Waals surface area (Å²) in [5.41, 5.74) is 5.66. The molecule has 1 fully saturated rings. The maximum Gasteiger partial charge on any atom is 0.265 e. The van der Waals surface area contributed by atoms with Crippen molar-refractivity contribution in [1.29, 1.82) is 0 Å². The largest absolute Gasteiger partial charge is 0.484 e. The van der Waals surface area contributed by atoms with Crippen molar-refractivity contribution >= 4 is 33.1 Å². The van der Waals surface area contributed by atoms with E-state index in [-0.39, 0.29) is 18.6 Å². The number of carbonyl (C=O) groups is 1. The summed E-state index contributed by atoms with van der Waals surface area (Å²) < 4.78 is 7.13. The SMILES string of the molecule is Cc1ccc2c(c1)[C@H]1CN(C)CC[C@H]1N2C(=O)COc1ccc(-c2nc3ccccc3s2)cc1. The van der Waals surface area contributed by atoms with Gasteiger partial charge in [0.1, 0.15) is 10.8 Å². The number of para-hydroxylation sites is 1. The molecule has 4 aromatic rings. The molecular formula is C28H27N3O2S. The Balaban J connectivity index is 1.18. The summed E-state index contributed by atoms with van der Waals surface area (Å²) in [6.45, 7) is 4.14. The van der Waals surface area contributed by atoms with Gasteiger partial charge in [-0.25, -0.2) is 4.98 Å². The lowest BCUT2D eigenvalue weighted by atomic mass is 9.89. The summed E-state index contributed by atoms with van der Waals surface area (Å²) in [6.07, 6.45) is 0.984. The van der Waals surface area contributed by atoms with Crippen molar-refractivity contribution in [3.8, 4) is 16.3 Å². The third-order valence-electron chi connectivity index (χ3n) is 6.98. The van der Waals surface area contributed by atoms with Crippen molar-refractivity contribution in [1.82, 2.24) is 9.88 Å². The predicted octanol–water partition coefficient (Wildman–Crippen LogP) is 5.49. The monoisotopic (exact) mass is 469 g/mol. The number of hydrogen-bond donors (Lipinski definition) is 0. The Morgan fingerprint density at radius 2 is 1.94 bits per heavy atom.